The van der Waals surface area contributed by atoms with Crippen LogP contribution in [0, 0.1) is 19.7 Å². The molecule has 0 amide bonds. The second kappa shape index (κ2) is 11.9. The number of aromatic carboxylic acids is 1. The largest absolute Gasteiger partial charge is 0.494 e. The summed E-state index contributed by atoms with van der Waals surface area (Å²) in [7, 11) is -0.430. The topological polar surface area (TPSA) is 107 Å². The van der Waals surface area contributed by atoms with Gasteiger partial charge in [-0.1, -0.05) is 18.5 Å². The Labute approximate surface area is 255 Å². The molecule has 0 bridgehead atoms. The van der Waals surface area contributed by atoms with Crippen LogP contribution in [0.4, 0.5) is 4.39 Å². The number of carbonyl (C=O) groups is 1. The number of hydrogen-bond acceptors (Lipinski definition) is 5. The Hall–Kier alpha value is -3.41. The minimum Gasteiger partial charge on any atom is -0.494 e. The Bertz CT molecular complexity index is 1820. The van der Waals surface area contributed by atoms with E-state index in [1.165, 1.54) is 17.4 Å². The van der Waals surface area contributed by atoms with Crippen molar-refractivity contribution in [2.75, 3.05) is 19.4 Å². The molecule has 0 unspecified atom stereocenters. The van der Waals surface area contributed by atoms with E-state index >= 15 is 4.39 Å². The van der Waals surface area contributed by atoms with E-state index < -0.39 is 21.8 Å². The monoisotopic (exact) mass is 630 g/mol. The van der Waals surface area contributed by atoms with E-state index in [0.717, 1.165) is 16.8 Å². The molecule has 9 nitrogen and oxygen atoms in total. The molecule has 0 aliphatic carbocycles. The van der Waals surface area contributed by atoms with E-state index in [9.17, 15) is 18.3 Å². The number of carboxylic acid groups (broad SMARTS) is 1. The van der Waals surface area contributed by atoms with Gasteiger partial charge in [-0.2, -0.15) is 9.40 Å². The van der Waals surface area contributed by atoms with Crippen LogP contribution in [-0.2, 0) is 43.0 Å². The summed E-state index contributed by atoms with van der Waals surface area (Å²) in [5, 5.41) is 16.4. The van der Waals surface area contributed by atoms with Gasteiger partial charge in [0, 0.05) is 47.9 Å². The molecule has 12 heteroatoms. The molecule has 1 aliphatic heterocycles. The van der Waals surface area contributed by atoms with Crippen LogP contribution in [-0.4, -0.2) is 57.6 Å². The SMILES string of the molecule is CCc1c2c(nn1C)CN(C)S(=O)(=O)CCCn1c(C(=O)O)c(CCCOc3cc(C)c(Cl)c(C)c3)c3ccc(F)c-2c31. The molecule has 0 radical (unpaired) electrons. The maximum absolute atomic E-state index is 16.0. The summed E-state index contributed by atoms with van der Waals surface area (Å²) in [4.78, 5) is 12.8. The normalized spacial score (nSPS) is 15.3. The second-order valence-electron chi connectivity index (χ2n) is 11.1. The molecule has 3 heterocycles. The number of halogens is 2. The Balaban J connectivity index is 1.65. The van der Waals surface area contributed by atoms with Crippen molar-refractivity contribution in [2.24, 2.45) is 7.05 Å². The van der Waals surface area contributed by atoms with Gasteiger partial charge in [-0.05, 0) is 80.5 Å². The molecule has 0 fully saturated rings. The number of sulfonamides is 1. The summed E-state index contributed by atoms with van der Waals surface area (Å²) in [6, 6.07) is 6.73. The summed E-state index contributed by atoms with van der Waals surface area (Å²) in [5.74, 6) is -1.17. The summed E-state index contributed by atoms with van der Waals surface area (Å²) >= 11 is 6.28. The fraction of sp³-hybridized carbons (Fsp3) is 0.419. The molecule has 0 saturated carbocycles. The van der Waals surface area contributed by atoms with E-state index in [1.807, 2.05) is 32.9 Å². The van der Waals surface area contributed by atoms with Crippen LogP contribution in [0.1, 0.15) is 58.3 Å². The number of aryl methyl sites for hydroxylation is 5. The molecule has 43 heavy (non-hydrogen) atoms. The number of benzene rings is 2. The van der Waals surface area contributed by atoms with Crippen molar-refractivity contribution in [3.05, 3.63) is 68.9 Å². The smallest absolute Gasteiger partial charge is 0.352 e. The maximum Gasteiger partial charge on any atom is 0.352 e. The fourth-order valence-corrected chi connectivity index (χ4v) is 7.41. The first-order valence-electron chi connectivity index (χ1n) is 14.3. The number of carboxylic acids is 1. The molecular formula is C31H36ClFN4O5S. The quantitative estimate of drug-likeness (QED) is 0.255. The van der Waals surface area contributed by atoms with Crippen LogP contribution in [0.25, 0.3) is 22.0 Å². The molecular weight excluding hydrogens is 595 g/mol. The molecule has 1 N–H and O–H groups in total. The lowest BCUT2D eigenvalue weighted by atomic mass is 9.96. The van der Waals surface area contributed by atoms with E-state index in [4.69, 9.17) is 16.3 Å². The molecule has 2 aromatic heterocycles. The van der Waals surface area contributed by atoms with Gasteiger partial charge in [-0.15, -0.1) is 0 Å². The van der Waals surface area contributed by atoms with Crippen LogP contribution < -0.4 is 4.74 Å². The van der Waals surface area contributed by atoms with Crippen molar-refractivity contribution in [1.82, 2.24) is 18.7 Å². The maximum atomic E-state index is 16.0. The fourth-order valence-electron chi connectivity index (χ4n) is 6.17. The predicted octanol–water partition coefficient (Wildman–Crippen LogP) is 5.89. The van der Waals surface area contributed by atoms with Gasteiger partial charge in [-0.3, -0.25) is 4.68 Å². The van der Waals surface area contributed by atoms with Crippen molar-refractivity contribution >= 4 is 38.5 Å². The molecule has 2 aromatic carbocycles. The van der Waals surface area contributed by atoms with Crippen molar-refractivity contribution in [1.29, 1.82) is 0 Å². The summed E-state index contributed by atoms with van der Waals surface area (Å²) in [6.45, 7) is 6.15. The van der Waals surface area contributed by atoms with Crippen molar-refractivity contribution < 1.29 is 27.4 Å². The van der Waals surface area contributed by atoms with Crippen LogP contribution in [0.5, 0.6) is 5.75 Å². The van der Waals surface area contributed by atoms with Crippen molar-refractivity contribution in [2.45, 2.75) is 59.5 Å². The van der Waals surface area contributed by atoms with Crippen LogP contribution >= 0.6 is 11.6 Å². The van der Waals surface area contributed by atoms with E-state index in [-0.39, 0.29) is 36.5 Å². The lowest BCUT2D eigenvalue weighted by molar-refractivity contribution is 0.0684. The Morgan fingerprint density at radius 3 is 2.51 bits per heavy atom. The average molecular weight is 631 g/mol. The lowest BCUT2D eigenvalue weighted by Gasteiger charge is -2.16. The van der Waals surface area contributed by atoms with Gasteiger partial charge in [0.25, 0.3) is 0 Å². The minimum atomic E-state index is -3.67. The highest BCUT2D eigenvalue weighted by Gasteiger charge is 2.31. The molecule has 230 valence electrons. The van der Waals surface area contributed by atoms with Gasteiger partial charge >= 0.3 is 5.97 Å². The van der Waals surface area contributed by atoms with Gasteiger partial charge in [0.05, 0.1) is 30.1 Å². The van der Waals surface area contributed by atoms with Crippen LogP contribution in [0.2, 0.25) is 5.02 Å². The summed E-state index contributed by atoms with van der Waals surface area (Å²) in [6.07, 6.45) is 1.55. The molecule has 0 spiro atoms. The molecule has 1 aliphatic rings. The van der Waals surface area contributed by atoms with Crippen LogP contribution in [0.3, 0.4) is 0 Å². The number of fused-ring (bicyclic) bond motifs is 2. The summed E-state index contributed by atoms with van der Waals surface area (Å²) in [5.41, 5.74) is 4.79. The van der Waals surface area contributed by atoms with Gasteiger partial charge in [0.2, 0.25) is 10.0 Å². The predicted molar refractivity (Wildman–Crippen MR) is 165 cm³/mol. The second-order valence-corrected chi connectivity index (χ2v) is 13.7. The number of nitrogens with zero attached hydrogens (tertiary/aromatic N) is 4. The van der Waals surface area contributed by atoms with Crippen molar-refractivity contribution in [3.63, 3.8) is 0 Å². The zero-order chi connectivity index (χ0) is 31.2. The van der Waals surface area contributed by atoms with E-state index in [1.54, 1.807) is 22.4 Å². The van der Waals surface area contributed by atoms with Crippen molar-refractivity contribution in [3.8, 4) is 16.9 Å². The van der Waals surface area contributed by atoms with Crippen LogP contribution in [0.15, 0.2) is 24.3 Å². The van der Waals surface area contributed by atoms with Gasteiger partial charge in [0.15, 0.2) is 0 Å². The molecule has 5 rings (SSSR count). The highest BCUT2D eigenvalue weighted by Crippen LogP contribution is 2.41. The Kier molecular flexibility index (Phi) is 8.61. The average Bonchev–Trinajstić information content (AvgIpc) is 3.42. The van der Waals surface area contributed by atoms with Gasteiger partial charge < -0.3 is 14.4 Å². The molecule has 4 aromatic rings. The zero-order valence-corrected chi connectivity index (χ0v) is 26.6. The zero-order valence-electron chi connectivity index (χ0n) is 25.0. The standard InChI is InChI=1S/C31H36ClFN4O5S/c1-6-25-27-24(34-36(25)5)17-35(4)43(40,41)14-8-12-37-29-22(10-11-23(33)26(27)29)21(30(37)31(38)39)9-7-13-42-20-15-18(2)28(32)19(3)16-20/h10-11,15-16H,6-9,12-14,17H2,1-5H3,(H,38,39). The van der Waals surface area contributed by atoms with E-state index in [2.05, 4.69) is 5.10 Å². The van der Waals surface area contributed by atoms with E-state index in [0.29, 0.717) is 64.4 Å². The number of hydrogen-bond donors (Lipinski definition) is 1. The Morgan fingerprint density at radius 2 is 1.86 bits per heavy atom. The third-order valence-corrected chi connectivity index (χ3v) is 10.7. The first-order valence-corrected chi connectivity index (χ1v) is 16.3. The first-order chi connectivity index (χ1) is 20.4. The third-order valence-electron chi connectivity index (χ3n) is 8.18. The highest BCUT2D eigenvalue weighted by atomic mass is 35.5. The third kappa shape index (κ3) is 5.65. The number of ether oxygens (including phenoxy) is 1. The van der Waals surface area contributed by atoms with Gasteiger partial charge in [-0.25, -0.2) is 17.6 Å². The lowest BCUT2D eigenvalue weighted by Crippen LogP contribution is -2.29. The molecule has 0 saturated heterocycles. The first kappa shape index (κ1) is 31.0. The minimum absolute atomic E-state index is 0.0261. The number of aromatic nitrogens is 3. The van der Waals surface area contributed by atoms with Gasteiger partial charge in [0.1, 0.15) is 17.3 Å². The summed E-state index contributed by atoms with van der Waals surface area (Å²) < 4.78 is 52.7. The molecule has 0 atom stereocenters. The Morgan fingerprint density at radius 1 is 1.16 bits per heavy atom. The highest BCUT2D eigenvalue weighted by molar-refractivity contribution is 7.89. The number of rotatable bonds is 7.